The highest BCUT2D eigenvalue weighted by Gasteiger charge is 2.48. The quantitative estimate of drug-likeness (QED) is 0.815. The number of anilines is 1. The Morgan fingerprint density at radius 2 is 1.86 bits per heavy atom. The summed E-state index contributed by atoms with van der Waals surface area (Å²) in [4.78, 5) is -1.17. The van der Waals surface area contributed by atoms with E-state index >= 15 is 0 Å². The minimum absolute atomic E-state index is 0.239. The van der Waals surface area contributed by atoms with E-state index in [0.29, 0.717) is 6.07 Å². The van der Waals surface area contributed by atoms with Gasteiger partial charge in [0.15, 0.2) is 0 Å². The zero-order chi connectivity index (χ0) is 16.4. The number of hydrogen-bond acceptors (Lipinski definition) is 4. The fraction of sp³-hybridized carbons (Fsp3) is 0.500. The van der Waals surface area contributed by atoms with Gasteiger partial charge in [-0.15, -0.1) is 0 Å². The summed E-state index contributed by atoms with van der Waals surface area (Å²) < 4.78 is 73.9. The van der Waals surface area contributed by atoms with Gasteiger partial charge in [-0.3, -0.25) is 0 Å². The van der Waals surface area contributed by atoms with Gasteiger partial charge in [0.05, 0.1) is 5.69 Å². The Labute approximate surface area is 119 Å². The van der Waals surface area contributed by atoms with Crippen LogP contribution < -0.4 is 5.32 Å². The fourth-order valence-corrected chi connectivity index (χ4v) is 2.44. The lowest BCUT2D eigenvalue weighted by Crippen LogP contribution is -2.29. The van der Waals surface area contributed by atoms with Crippen molar-refractivity contribution in [3.05, 3.63) is 24.0 Å². The largest absolute Gasteiger partial charge is 0.501 e. The topological polar surface area (TPSA) is 66.4 Å². The lowest BCUT2D eigenvalue weighted by Gasteiger charge is -2.22. The Bertz CT molecular complexity index is 601. The molecule has 1 rings (SSSR count). The highest BCUT2D eigenvalue weighted by atomic mass is 32.2. The molecule has 0 bridgehead atoms. The van der Waals surface area contributed by atoms with E-state index in [4.69, 9.17) is 5.11 Å². The van der Waals surface area contributed by atoms with Gasteiger partial charge >= 0.3 is 5.51 Å². The molecule has 1 aromatic carbocycles. The molecule has 0 aliphatic carbocycles. The van der Waals surface area contributed by atoms with Gasteiger partial charge in [0, 0.05) is 12.6 Å². The summed E-state index contributed by atoms with van der Waals surface area (Å²) in [6.07, 6.45) is 0. The smallest absolute Gasteiger partial charge is 0.396 e. The number of hydrogen-bond donors (Lipinski definition) is 2. The number of halogens is 4. The second-order valence-corrected chi connectivity index (χ2v) is 6.59. The van der Waals surface area contributed by atoms with E-state index < -0.39 is 32.1 Å². The van der Waals surface area contributed by atoms with Crippen molar-refractivity contribution in [2.24, 2.45) is 5.92 Å². The highest BCUT2D eigenvalue weighted by Crippen LogP contribution is 2.35. The maximum atomic E-state index is 13.1. The lowest BCUT2D eigenvalue weighted by molar-refractivity contribution is -0.0435. The van der Waals surface area contributed by atoms with Crippen LogP contribution >= 0.6 is 0 Å². The standard InChI is InChI=1S/C12H15F4NO3S/c1-7(6-18)8(2)17-10-4-3-9(13)5-11(10)21(19,20)12(14,15)16/h3-5,7-8,17-18H,6H2,1-2H3. The number of nitrogens with one attached hydrogen (secondary N) is 1. The summed E-state index contributed by atoms with van der Waals surface area (Å²) in [5, 5.41) is 11.5. The van der Waals surface area contributed by atoms with Crippen molar-refractivity contribution < 1.29 is 31.1 Å². The van der Waals surface area contributed by atoms with E-state index in [0.717, 1.165) is 12.1 Å². The van der Waals surface area contributed by atoms with Gasteiger partial charge in [0.25, 0.3) is 9.84 Å². The molecule has 0 spiro atoms. The SMILES string of the molecule is CC(CO)C(C)Nc1ccc(F)cc1S(=O)(=O)C(F)(F)F. The first kappa shape index (κ1) is 17.7. The molecule has 0 saturated carbocycles. The number of alkyl halides is 3. The first-order valence-corrected chi connectivity index (χ1v) is 7.47. The number of benzene rings is 1. The van der Waals surface area contributed by atoms with Crippen LogP contribution in [0.5, 0.6) is 0 Å². The molecule has 2 atom stereocenters. The van der Waals surface area contributed by atoms with E-state index in [-0.39, 0.29) is 18.2 Å². The highest BCUT2D eigenvalue weighted by molar-refractivity contribution is 7.92. The van der Waals surface area contributed by atoms with E-state index in [2.05, 4.69) is 5.32 Å². The van der Waals surface area contributed by atoms with Crippen molar-refractivity contribution in [3.8, 4) is 0 Å². The second-order valence-electron chi connectivity index (χ2n) is 4.68. The molecule has 2 unspecified atom stereocenters. The molecule has 21 heavy (non-hydrogen) atoms. The summed E-state index contributed by atoms with van der Waals surface area (Å²) in [6.45, 7) is 2.95. The molecule has 0 aromatic heterocycles. The summed E-state index contributed by atoms with van der Waals surface area (Å²) in [5.41, 5.74) is -5.88. The van der Waals surface area contributed by atoms with Crippen molar-refractivity contribution in [3.63, 3.8) is 0 Å². The van der Waals surface area contributed by atoms with Gasteiger partial charge in [-0.2, -0.15) is 13.2 Å². The van der Waals surface area contributed by atoms with Gasteiger partial charge in [0.1, 0.15) is 10.7 Å². The van der Waals surface area contributed by atoms with Crippen LogP contribution in [0.2, 0.25) is 0 Å². The Hall–Kier alpha value is -1.35. The Morgan fingerprint density at radius 3 is 2.33 bits per heavy atom. The Balaban J connectivity index is 3.31. The molecule has 0 radical (unpaired) electrons. The van der Waals surface area contributed by atoms with Crippen molar-refractivity contribution in [1.29, 1.82) is 0 Å². The normalized spacial score (nSPS) is 15.6. The molecule has 1 aromatic rings. The predicted molar refractivity (Wildman–Crippen MR) is 69.0 cm³/mol. The van der Waals surface area contributed by atoms with Crippen LogP contribution in [0.3, 0.4) is 0 Å². The van der Waals surface area contributed by atoms with Crippen molar-refractivity contribution in [2.45, 2.75) is 30.3 Å². The minimum atomic E-state index is -5.67. The second kappa shape index (κ2) is 6.18. The molecule has 120 valence electrons. The van der Waals surface area contributed by atoms with E-state index in [1.807, 2.05) is 0 Å². The van der Waals surface area contributed by atoms with Crippen LogP contribution in [0, 0.1) is 11.7 Å². The van der Waals surface area contributed by atoms with E-state index in [1.54, 1.807) is 13.8 Å². The predicted octanol–water partition coefficient (Wildman–Crippen LogP) is 2.55. The maximum absolute atomic E-state index is 13.1. The van der Waals surface area contributed by atoms with Gasteiger partial charge in [-0.1, -0.05) is 6.92 Å². The lowest BCUT2D eigenvalue weighted by atomic mass is 10.0. The average molecular weight is 329 g/mol. The molecule has 0 saturated heterocycles. The number of aliphatic hydroxyl groups is 1. The molecule has 0 heterocycles. The third-order valence-electron chi connectivity index (χ3n) is 3.06. The Morgan fingerprint density at radius 1 is 1.29 bits per heavy atom. The Kier molecular flexibility index (Phi) is 5.21. The zero-order valence-corrected chi connectivity index (χ0v) is 12.1. The number of rotatable bonds is 5. The van der Waals surface area contributed by atoms with Crippen LogP contribution in [0.4, 0.5) is 23.2 Å². The molecule has 0 amide bonds. The average Bonchev–Trinajstić information content (AvgIpc) is 2.38. The molecule has 4 nitrogen and oxygen atoms in total. The molecule has 0 aliphatic heterocycles. The third-order valence-corrected chi connectivity index (χ3v) is 4.59. The zero-order valence-electron chi connectivity index (χ0n) is 11.3. The van der Waals surface area contributed by atoms with Crippen molar-refractivity contribution >= 4 is 15.5 Å². The van der Waals surface area contributed by atoms with Crippen molar-refractivity contribution in [1.82, 2.24) is 0 Å². The summed E-state index contributed by atoms with van der Waals surface area (Å²) >= 11 is 0. The molecular formula is C12H15F4NO3S. The summed E-state index contributed by atoms with van der Waals surface area (Å²) in [5.74, 6) is -1.43. The molecule has 0 aliphatic rings. The van der Waals surface area contributed by atoms with Gasteiger partial charge < -0.3 is 10.4 Å². The van der Waals surface area contributed by atoms with Crippen molar-refractivity contribution in [2.75, 3.05) is 11.9 Å². The first-order chi connectivity index (χ1) is 9.50. The van der Waals surface area contributed by atoms with Gasteiger partial charge in [-0.05, 0) is 31.0 Å². The van der Waals surface area contributed by atoms with Crippen LogP contribution in [0.25, 0.3) is 0 Å². The fourth-order valence-electron chi connectivity index (χ4n) is 1.51. The maximum Gasteiger partial charge on any atom is 0.501 e. The van der Waals surface area contributed by atoms with Crippen LogP contribution in [0.15, 0.2) is 23.1 Å². The van der Waals surface area contributed by atoms with E-state index in [1.165, 1.54) is 0 Å². The van der Waals surface area contributed by atoms with Crippen LogP contribution in [-0.2, 0) is 9.84 Å². The first-order valence-electron chi connectivity index (χ1n) is 5.99. The summed E-state index contributed by atoms with van der Waals surface area (Å²) in [6, 6.07) is 1.59. The minimum Gasteiger partial charge on any atom is -0.396 e. The molecule has 0 fully saturated rings. The molecule has 2 N–H and O–H groups in total. The van der Waals surface area contributed by atoms with Gasteiger partial charge in [0.2, 0.25) is 0 Å². The number of sulfone groups is 1. The third kappa shape index (κ3) is 3.85. The monoisotopic (exact) mass is 329 g/mol. The summed E-state index contributed by atoms with van der Waals surface area (Å²) in [7, 11) is -5.67. The molecular weight excluding hydrogens is 314 g/mol. The molecule has 9 heteroatoms. The number of aliphatic hydroxyl groups excluding tert-OH is 1. The van der Waals surface area contributed by atoms with Crippen LogP contribution in [0.1, 0.15) is 13.8 Å². The van der Waals surface area contributed by atoms with E-state index in [9.17, 15) is 26.0 Å². The van der Waals surface area contributed by atoms with Gasteiger partial charge in [-0.25, -0.2) is 12.8 Å². The van der Waals surface area contributed by atoms with Crippen LogP contribution in [-0.4, -0.2) is 31.7 Å².